The van der Waals surface area contributed by atoms with Crippen molar-refractivity contribution in [2.75, 3.05) is 13.1 Å². The van der Waals surface area contributed by atoms with Crippen LogP contribution in [0, 0.1) is 6.92 Å². The van der Waals surface area contributed by atoms with Gasteiger partial charge in [-0.25, -0.2) is 0 Å². The molecule has 21 heavy (non-hydrogen) atoms. The van der Waals surface area contributed by atoms with Crippen molar-refractivity contribution in [1.82, 2.24) is 14.7 Å². The summed E-state index contributed by atoms with van der Waals surface area (Å²) < 4.78 is 1.87. The molecule has 1 unspecified atom stereocenters. The largest absolute Gasteiger partial charge is 0.326 e. The van der Waals surface area contributed by atoms with Crippen molar-refractivity contribution in [1.29, 1.82) is 0 Å². The Morgan fingerprint density at radius 2 is 1.81 bits per heavy atom. The number of hydrogen-bond acceptors (Lipinski definition) is 3. The summed E-state index contributed by atoms with van der Waals surface area (Å²) in [5, 5.41) is 5.15. The third kappa shape index (κ3) is 3.61. The van der Waals surface area contributed by atoms with Crippen molar-refractivity contribution >= 4 is 11.6 Å². The van der Waals surface area contributed by atoms with Crippen molar-refractivity contribution in [3.05, 3.63) is 16.4 Å². The van der Waals surface area contributed by atoms with Crippen LogP contribution in [0.25, 0.3) is 0 Å². The Balaban J connectivity index is 2.11. The molecule has 0 saturated carbocycles. The van der Waals surface area contributed by atoms with E-state index in [1.807, 2.05) is 18.7 Å². The van der Waals surface area contributed by atoms with E-state index in [1.165, 1.54) is 25.7 Å². The number of likely N-dealkylation sites (tertiary alicyclic amines) is 1. The summed E-state index contributed by atoms with van der Waals surface area (Å²) in [6.45, 7) is 8.77. The molecule has 1 aromatic heterocycles. The lowest BCUT2D eigenvalue weighted by Crippen LogP contribution is -2.57. The van der Waals surface area contributed by atoms with Gasteiger partial charge in [0.05, 0.1) is 16.4 Å². The van der Waals surface area contributed by atoms with E-state index in [0.29, 0.717) is 0 Å². The predicted molar refractivity (Wildman–Crippen MR) is 88.8 cm³/mol. The van der Waals surface area contributed by atoms with Crippen LogP contribution >= 0.6 is 11.6 Å². The number of hydrogen-bond donors (Lipinski definition) is 1. The summed E-state index contributed by atoms with van der Waals surface area (Å²) in [6, 6.07) is 0.0444. The van der Waals surface area contributed by atoms with E-state index in [9.17, 15) is 0 Å². The van der Waals surface area contributed by atoms with Crippen molar-refractivity contribution in [3.8, 4) is 0 Å². The molecule has 0 aliphatic carbocycles. The summed E-state index contributed by atoms with van der Waals surface area (Å²) in [6.07, 6.45) is 6.01. The number of rotatable bonds is 4. The molecule has 5 heteroatoms. The summed E-state index contributed by atoms with van der Waals surface area (Å²) in [5.41, 5.74) is 8.48. The molecule has 1 atom stereocenters. The van der Waals surface area contributed by atoms with Gasteiger partial charge in [-0.3, -0.25) is 9.58 Å². The van der Waals surface area contributed by atoms with Crippen LogP contribution in [0.1, 0.15) is 50.9 Å². The fourth-order valence-electron chi connectivity index (χ4n) is 3.24. The van der Waals surface area contributed by atoms with Crippen LogP contribution in [0.3, 0.4) is 0 Å². The van der Waals surface area contributed by atoms with Crippen LogP contribution in [-0.2, 0) is 13.5 Å². The number of aryl methyl sites for hydroxylation is 2. The van der Waals surface area contributed by atoms with Gasteiger partial charge in [0.15, 0.2) is 0 Å². The molecular formula is C16H29ClN4. The van der Waals surface area contributed by atoms with Gasteiger partial charge in [0, 0.05) is 25.0 Å². The highest BCUT2D eigenvalue weighted by Crippen LogP contribution is 2.27. The summed E-state index contributed by atoms with van der Waals surface area (Å²) in [7, 11) is 1.94. The predicted octanol–water partition coefficient (Wildman–Crippen LogP) is 2.91. The summed E-state index contributed by atoms with van der Waals surface area (Å²) >= 11 is 6.37. The fraction of sp³-hybridized carbons (Fsp3) is 0.812. The molecule has 1 saturated heterocycles. The lowest BCUT2D eigenvalue weighted by molar-refractivity contribution is 0.0972. The zero-order chi connectivity index (χ0) is 15.6. The second-order valence-corrected chi connectivity index (χ2v) is 7.21. The van der Waals surface area contributed by atoms with E-state index in [-0.39, 0.29) is 11.6 Å². The maximum Gasteiger partial charge on any atom is 0.0847 e. The standard InChI is InChI=1S/C16H29ClN4/c1-12-15(17)13(20(4)19-12)11-14(18)16(2,3)21-9-7-5-6-8-10-21/h14H,5-11,18H2,1-4H3. The van der Waals surface area contributed by atoms with Gasteiger partial charge in [-0.05, 0) is 46.7 Å². The Morgan fingerprint density at radius 1 is 1.24 bits per heavy atom. The third-order valence-corrected chi connectivity index (χ3v) is 5.50. The van der Waals surface area contributed by atoms with E-state index in [1.54, 1.807) is 0 Å². The van der Waals surface area contributed by atoms with Gasteiger partial charge in [-0.1, -0.05) is 24.4 Å². The van der Waals surface area contributed by atoms with Crippen LogP contribution in [0.15, 0.2) is 0 Å². The van der Waals surface area contributed by atoms with Crippen LogP contribution in [0.5, 0.6) is 0 Å². The van der Waals surface area contributed by atoms with E-state index in [4.69, 9.17) is 17.3 Å². The third-order valence-electron chi connectivity index (χ3n) is 5.00. The van der Waals surface area contributed by atoms with Crippen molar-refractivity contribution in [3.63, 3.8) is 0 Å². The van der Waals surface area contributed by atoms with Crippen LogP contribution < -0.4 is 5.73 Å². The monoisotopic (exact) mass is 312 g/mol. The Morgan fingerprint density at radius 3 is 2.29 bits per heavy atom. The van der Waals surface area contributed by atoms with Crippen LogP contribution in [0.4, 0.5) is 0 Å². The molecule has 0 radical (unpaired) electrons. The molecule has 2 heterocycles. The number of aromatic nitrogens is 2. The average molecular weight is 313 g/mol. The summed E-state index contributed by atoms with van der Waals surface area (Å²) in [4.78, 5) is 2.56. The van der Waals surface area contributed by atoms with E-state index < -0.39 is 0 Å². The molecule has 2 rings (SSSR count). The topological polar surface area (TPSA) is 47.1 Å². The molecule has 1 aliphatic rings. The minimum absolute atomic E-state index is 0.0220. The lowest BCUT2D eigenvalue weighted by atomic mass is 9.89. The first-order valence-corrected chi connectivity index (χ1v) is 8.40. The van der Waals surface area contributed by atoms with Crippen molar-refractivity contribution < 1.29 is 0 Å². The molecular weight excluding hydrogens is 284 g/mol. The second kappa shape index (κ2) is 6.67. The normalized spacial score (nSPS) is 19.5. The Labute approximate surface area is 133 Å². The zero-order valence-electron chi connectivity index (χ0n) is 13.8. The van der Waals surface area contributed by atoms with Crippen molar-refractivity contribution in [2.24, 2.45) is 12.8 Å². The van der Waals surface area contributed by atoms with Gasteiger partial charge < -0.3 is 5.73 Å². The maximum absolute atomic E-state index is 6.57. The molecule has 0 aromatic carbocycles. The van der Waals surface area contributed by atoms with Gasteiger partial charge in [-0.15, -0.1) is 0 Å². The van der Waals surface area contributed by atoms with Gasteiger partial charge >= 0.3 is 0 Å². The molecule has 1 fully saturated rings. The minimum atomic E-state index is -0.0220. The molecule has 1 aromatic rings. The number of nitrogens with zero attached hydrogens (tertiary/aromatic N) is 3. The molecule has 0 amide bonds. The first kappa shape index (κ1) is 16.8. The smallest absolute Gasteiger partial charge is 0.0847 e. The molecule has 120 valence electrons. The van der Waals surface area contributed by atoms with Gasteiger partial charge in [-0.2, -0.15) is 5.10 Å². The zero-order valence-corrected chi connectivity index (χ0v) is 14.6. The second-order valence-electron chi connectivity index (χ2n) is 6.84. The number of halogens is 1. The minimum Gasteiger partial charge on any atom is -0.326 e. The first-order chi connectivity index (χ1) is 9.84. The van der Waals surface area contributed by atoms with Gasteiger partial charge in [0.2, 0.25) is 0 Å². The fourth-order valence-corrected chi connectivity index (χ4v) is 3.48. The summed E-state index contributed by atoms with van der Waals surface area (Å²) in [5.74, 6) is 0. The highest BCUT2D eigenvalue weighted by atomic mass is 35.5. The maximum atomic E-state index is 6.57. The van der Waals surface area contributed by atoms with Gasteiger partial charge in [0.25, 0.3) is 0 Å². The molecule has 1 aliphatic heterocycles. The van der Waals surface area contributed by atoms with E-state index in [2.05, 4.69) is 23.8 Å². The van der Waals surface area contributed by atoms with Crippen LogP contribution in [0.2, 0.25) is 5.02 Å². The number of nitrogens with two attached hydrogens (primary N) is 1. The van der Waals surface area contributed by atoms with Crippen molar-refractivity contribution in [2.45, 2.75) is 64.5 Å². The highest BCUT2D eigenvalue weighted by Gasteiger charge is 2.34. The lowest BCUT2D eigenvalue weighted by Gasteiger charge is -2.42. The average Bonchev–Trinajstić information content (AvgIpc) is 2.68. The molecule has 0 spiro atoms. The molecule has 4 nitrogen and oxygen atoms in total. The Hall–Kier alpha value is -0.580. The molecule has 0 bridgehead atoms. The van der Waals surface area contributed by atoms with E-state index >= 15 is 0 Å². The SMILES string of the molecule is Cc1nn(C)c(CC(N)C(C)(C)N2CCCCCC2)c1Cl. The quantitative estimate of drug-likeness (QED) is 0.930. The first-order valence-electron chi connectivity index (χ1n) is 8.02. The Kier molecular flexibility index (Phi) is 5.33. The Bertz CT molecular complexity index is 473. The van der Waals surface area contributed by atoms with Crippen LogP contribution in [-0.4, -0.2) is 39.4 Å². The molecule has 2 N–H and O–H groups in total. The highest BCUT2D eigenvalue weighted by molar-refractivity contribution is 6.31. The van der Waals surface area contributed by atoms with E-state index in [0.717, 1.165) is 35.9 Å². The van der Waals surface area contributed by atoms with Gasteiger partial charge in [0.1, 0.15) is 0 Å².